The number of hydrogen-bond donors (Lipinski definition) is 1. The van der Waals surface area contributed by atoms with Gasteiger partial charge < -0.3 is 19.7 Å². The van der Waals surface area contributed by atoms with Crippen molar-refractivity contribution in [3.63, 3.8) is 0 Å². The van der Waals surface area contributed by atoms with Crippen LogP contribution in [-0.4, -0.2) is 81.4 Å². The number of carbonyl (C=O) groups excluding carboxylic acids is 1. The van der Waals surface area contributed by atoms with Gasteiger partial charge in [0.15, 0.2) is 0 Å². The Morgan fingerprint density at radius 1 is 1.37 bits per heavy atom. The highest BCUT2D eigenvalue weighted by Crippen LogP contribution is 2.29. The molecule has 2 saturated heterocycles. The smallest absolute Gasteiger partial charge is 0.254 e. The van der Waals surface area contributed by atoms with Gasteiger partial charge in [-0.05, 0) is 37.4 Å². The quantitative estimate of drug-likeness (QED) is 0.735. The van der Waals surface area contributed by atoms with E-state index in [-0.39, 0.29) is 36.8 Å². The van der Waals surface area contributed by atoms with E-state index < -0.39 is 5.60 Å². The Kier molecular flexibility index (Phi) is 10.5. The molecule has 0 bridgehead atoms. The van der Waals surface area contributed by atoms with E-state index in [1.165, 1.54) is 4.88 Å². The molecule has 0 aliphatic carbocycles. The van der Waals surface area contributed by atoms with Crippen molar-refractivity contribution in [1.29, 1.82) is 0 Å². The summed E-state index contributed by atoms with van der Waals surface area (Å²) < 4.78 is 11.2. The Morgan fingerprint density at radius 2 is 2.04 bits per heavy atom. The Bertz CT molecular complexity index is 550. The van der Waals surface area contributed by atoms with Crippen molar-refractivity contribution >= 4 is 42.1 Å². The molecule has 3 rings (SSSR count). The number of hydrogen-bond acceptors (Lipinski definition) is 6. The van der Waals surface area contributed by atoms with E-state index in [1.54, 1.807) is 18.4 Å². The Hall–Kier alpha value is -0.410. The summed E-state index contributed by atoms with van der Waals surface area (Å²) in [6.45, 7) is 5.66. The van der Waals surface area contributed by atoms with Crippen molar-refractivity contribution in [2.45, 2.75) is 24.5 Å². The van der Waals surface area contributed by atoms with Crippen LogP contribution < -0.4 is 5.32 Å². The molecule has 0 aromatic carbocycles. The van der Waals surface area contributed by atoms with Crippen LogP contribution in [-0.2, 0) is 14.3 Å². The molecule has 156 valence electrons. The molecule has 1 amide bonds. The normalized spacial score (nSPS) is 20.8. The predicted octanol–water partition coefficient (Wildman–Crippen LogP) is 2.19. The number of thiophene rings is 1. The number of morpholine rings is 1. The molecule has 9 heteroatoms. The summed E-state index contributed by atoms with van der Waals surface area (Å²) in [4.78, 5) is 18.8. The maximum absolute atomic E-state index is 13.2. The van der Waals surface area contributed by atoms with E-state index in [4.69, 9.17) is 9.47 Å². The number of rotatable bonds is 6. The van der Waals surface area contributed by atoms with Gasteiger partial charge in [-0.3, -0.25) is 9.69 Å². The summed E-state index contributed by atoms with van der Waals surface area (Å²) in [5, 5.41) is 5.42. The topological polar surface area (TPSA) is 54.0 Å². The summed E-state index contributed by atoms with van der Waals surface area (Å²) in [6.07, 6.45) is 1.46. The third kappa shape index (κ3) is 5.79. The molecule has 1 aromatic rings. The summed E-state index contributed by atoms with van der Waals surface area (Å²) in [5.41, 5.74) is -0.676. The molecule has 0 spiro atoms. The van der Waals surface area contributed by atoms with Crippen LogP contribution in [0.2, 0.25) is 0 Å². The van der Waals surface area contributed by atoms with Crippen LogP contribution in [0.3, 0.4) is 0 Å². The van der Waals surface area contributed by atoms with Crippen molar-refractivity contribution in [1.82, 2.24) is 15.1 Å². The lowest BCUT2D eigenvalue weighted by Crippen LogP contribution is -2.55. The minimum absolute atomic E-state index is 0. The molecule has 3 heterocycles. The first-order chi connectivity index (χ1) is 12.2. The van der Waals surface area contributed by atoms with Crippen molar-refractivity contribution in [3.8, 4) is 0 Å². The molecule has 27 heavy (non-hydrogen) atoms. The first-order valence-electron chi connectivity index (χ1n) is 9.03. The number of halogens is 2. The molecule has 2 aliphatic rings. The lowest BCUT2D eigenvalue weighted by atomic mass is 9.90. The zero-order valence-corrected chi connectivity index (χ0v) is 18.5. The second kappa shape index (κ2) is 11.6. The lowest BCUT2D eigenvalue weighted by molar-refractivity contribution is -0.157. The summed E-state index contributed by atoms with van der Waals surface area (Å²) in [7, 11) is 3.57. The molecule has 0 saturated carbocycles. The number of ether oxygens (including phenoxy) is 2. The maximum Gasteiger partial charge on any atom is 0.254 e. The first-order valence-corrected chi connectivity index (χ1v) is 9.91. The van der Waals surface area contributed by atoms with E-state index in [9.17, 15) is 4.79 Å². The van der Waals surface area contributed by atoms with E-state index >= 15 is 0 Å². The second-order valence-corrected chi connectivity index (χ2v) is 7.79. The maximum atomic E-state index is 13.2. The highest BCUT2D eigenvalue weighted by Gasteiger charge is 2.42. The number of likely N-dealkylation sites (N-methyl/N-ethyl adjacent to an activating group) is 1. The molecule has 1 aromatic heterocycles. The Labute approximate surface area is 178 Å². The van der Waals surface area contributed by atoms with E-state index in [1.807, 2.05) is 11.9 Å². The average Bonchev–Trinajstić information content (AvgIpc) is 3.21. The van der Waals surface area contributed by atoms with Crippen LogP contribution in [0.25, 0.3) is 0 Å². The molecular weight excluding hydrogens is 409 g/mol. The first kappa shape index (κ1) is 24.6. The SMILES string of the molecule is COC1(C(=O)N(C)CC(c2cccs2)N2CCOCC2)CCNCC1.Cl.Cl. The van der Waals surface area contributed by atoms with Gasteiger partial charge in [-0.2, -0.15) is 0 Å². The average molecular weight is 440 g/mol. The van der Waals surface area contributed by atoms with Gasteiger partial charge in [0.1, 0.15) is 5.60 Å². The van der Waals surface area contributed by atoms with Crippen LogP contribution in [0, 0.1) is 0 Å². The van der Waals surface area contributed by atoms with Gasteiger partial charge in [0.05, 0.1) is 19.3 Å². The second-order valence-electron chi connectivity index (χ2n) is 6.81. The van der Waals surface area contributed by atoms with Gasteiger partial charge in [0.2, 0.25) is 0 Å². The Morgan fingerprint density at radius 3 is 2.59 bits per heavy atom. The number of amides is 1. The largest absolute Gasteiger partial charge is 0.379 e. The van der Waals surface area contributed by atoms with E-state index in [2.05, 4.69) is 27.7 Å². The molecule has 1 unspecified atom stereocenters. The number of methoxy groups -OCH3 is 1. The van der Waals surface area contributed by atoms with Crippen molar-refractivity contribution < 1.29 is 14.3 Å². The highest BCUT2D eigenvalue weighted by molar-refractivity contribution is 7.10. The fraction of sp³-hybridized carbons (Fsp3) is 0.722. The van der Waals surface area contributed by atoms with Gasteiger partial charge in [-0.15, -0.1) is 36.2 Å². The van der Waals surface area contributed by atoms with Crippen LogP contribution in [0.5, 0.6) is 0 Å². The third-order valence-corrected chi connectivity index (χ3v) is 6.32. The van der Waals surface area contributed by atoms with Gasteiger partial charge in [0, 0.05) is 38.7 Å². The van der Waals surface area contributed by atoms with Gasteiger partial charge in [0.25, 0.3) is 5.91 Å². The lowest BCUT2D eigenvalue weighted by Gasteiger charge is -2.40. The predicted molar refractivity (Wildman–Crippen MR) is 113 cm³/mol. The molecule has 2 aliphatic heterocycles. The Balaban J connectivity index is 0.00000182. The summed E-state index contributed by atoms with van der Waals surface area (Å²) in [5.74, 6) is 0.103. The van der Waals surface area contributed by atoms with Crippen LogP contribution in [0.4, 0.5) is 0 Å². The fourth-order valence-electron chi connectivity index (χ4n) is 3.78. The van der Waals surface area contributed by atoms with Crippen LogP contribution in [0.1, 0.15) is 23.8 Å². The fourth-order valence-corrected chi connectivity index (χ4v) is 4.63. The minimum Gasteiger partial charge on any atom is -0.379 e. The molecule has 2 fully saturated rings. The van der Waals surface area contributed by atoms with Gasteiger partial charge in [-0.25, -0.2) is 0 Å². The van der Waals surface area contributed by atoms with Gasteiger partial charge >= 0.3 is 0 Å². The highest BCUT2D eigenvalue weighted by atomic mass is 35.5. The van der Waals surface area contributed by atoms with E-state index in [0.29, 0.717) is 6.54 Å². The minimum atomic E-state index is -0.676. The van der Waals surface area contributed by atoms with Gasteiger partial charge in [-0.1, -0.05) is 6.07 Å². The van der Waals surface area contributed by atoms with Crippen molar-refractivity contribution in [2.75, 3.05) is 60.1 Å². The number of nitrogens with one attached hydrogen (secondary N) is 1. The molecule has 6 nitrogen and oxygen atoms in total. The zero-order chi connectivity index (χ0) is 17.7. The molecule has 1 N–H and O–H groups in total. The molecule has 0 radical (unpaired) electrons. The number of nitrogens with zero attached hydrogens (tertiary/aromatic N) is 2. The van der Waals surface area contributed by atoms with Crippen LogP contribution in [0.15, 0.2) is 17.5 Å². The van der Waals surface area contributed by atoms with Crippen LogP contribution >= 0.6 is 36.2 Å². The number of piperidine rings is 1. The molecular formula is C18H31Cl2N3O3S. The monoisotopic (exact) mass is 439 g/mol. The molecule has 1 atom stereocenters. The standard InChI is InChI=1S/C18H29N3O3S.2ClH/c1-20(17(22)18(23-2)5-7-19-8-6-18)14-15(16-4-3-13-25-16)21-9-11-24-12-10-21;;/h3-4,13,15,19H,5-12,14H2,1-2H3;2*1H. The zero-order valence-electron chi connectivity index (χ0n) is 16.0. The van der Waals surface area contributed by atoms with Crippen molar-refractivity contribution in [2.24, 2.45) is 0 Å². The van der Waals surface area contributed by atoms with E-state index in [0.717, 1.165) is 52.2 Å². The summed E-state index contributed by atoms with van der Waals surface area (Å²) in [6, 6.07) is 4.46. The summed E-state index contributed by atoms with van der Waals surface area (Å²) >= 11 is 1.76. The number of carbonyl (C=O) groups is 1. The van der Waals surface area contributed by atoms with Crippen molar-refractivity contribution in [3.05, 3.63) is 22.4 Å². The third-order valence-electron chi connectivity index (χ3n) is 5.34.